The Kier molecular flexibility index (Phi) is 7.32. The summed E-state index contributed by atoms with van der Waals surface area (Å²) in [5.41, 5.74) is -1.49. The molecule has 0 N–H and O–H groups in total. The molecule has 2 heterocycles. The molecule has 9 heteroatoms. The van der Waals surface area contributed by atoms with E-state index in [9.17, 15) is 14.4 Å². The normalized spacial score (nSPS) is 28.4. The number of hydrogen-bond acceptors (Lipinski definition) is 8. The van der Waals surface area contributed by atoms with Crippen molar-refractivity contribution >= 4 is 18.0 Å². The van der Waals surface area contributed by atoms with Crippen molar-refractivity contribution in [2.45, 2.75) is 104 Å². The summed E-state index contributed by atoms with van der Waals surface area (Å²) in [7, 11) is 0. The summed E-state index contributed by atoms with van der Waals surface area (Å²) in [6.07, 6.45) is -0.908. The molecule has 0 bridgehead atoms. The molecule has 0 saturated carbocycles. The summed E-state index contributed by atoms with van der Waals surface area (Å²) in [4.78, 5) is 39.2. The first-order valence-corrected chi connectivity index (χ1v) is 10.7. The van der Waals surface area contributed by atoms with Gasteiger partial charge < -0.3 is 23.7 Å². The third-order valence-corrected chi connectivity index (χ3v) is 4.86. The molecule has 0 aromatic rings. The van der Waals surface area contributed by atoms with Gasteiger partial charge in [-0.2, -0.15) is 0 Å². The molecule has 178 valence electrons. The molecule has 0 radical (unpaired) electrons. The second kappa shape index (κ2) is 8.94. The number of likely N-dealkylation sites (tertiary alicyclic amines) is 1. The third kappa shape index (κ3) is 7.07. The highest BCUT2D eigenvalue weighted by molar-refractivity contribution is 5.83. The van der Waals surface area contributed by atoms with E-state index in [0.29, 0.717) is 0 Å². The van der Waals surface area contributed by atoms with E-state index in [1.165, 1.54) is 11.8 Å². The van der Waals surface area contributed by atoms with Crippen LogP contribution in [0.5, 0.6) is 0 Å². The van der Waals surface area contributed by atoms with E-state index >= 15 is 0 Å². The van der Waals surface area contributed by atoms with Crippen LogP contribution in [0.2, 0.25) is 0 Å². The first kappa shape index (κ1) is 25.4. The highest BCUT2D eigenvalue weighted by Gasteiger charge is 2.55. The van der Waals surface area contributed by atoms with Crippen molar-refractivity contribution in [2.24, 2.45) is 5.92 Å². The van der Waals surface area contributed by atoms with Crippen molar-refractivity contribution in [3.8, 4) is 0 Å². The number of rotatable bonds is 4. The molecule has 2 rings (SSSR count). The summed E-state index contributed by atoms with van der Waals surface area (Å²) in [5.74, 6) is -2.16. The lowest BCUT2D eigenvalue weighted by Crippen LogP contribution is -2.54. The standard InChI is InChI=1S/C22H37NO8/c1-13(24)27-11-14-10-15(18(25)30-20(2,3)4)23(19(26)31-21(5,6)7)17(14)16-12-28-22(8,9)29-16/h14-17H,10-12H2,1-9H3/t14-,15+,16?,17+/m0/s1. The van der Waals surface area contributed by atoms with E-state index in [1.807, 2.05) is 0 Å². The zero-order valence-electron chi connectivity index (χ0n) is 20.1. The summed E-state index contributed by atoms with van der Waals surface area (Å²) < 4.78 is 28.2. The second-order valence-electron chi connectivity index (χ2n) is 10.6. The van der Waals surface area contributed by atoms with Crippen LogP contribution in [0.3, 0.4) is 0 Å². The van der Waals surface area contributed by atoms with Crippen LogP contribution in [0.1, 0.15) is 68.7 Å². The zero-order valence-corrected chi connectivity index (χ0v) is 20.1. The van der Waals surface area contributed by atoms with Crippen LogP contribution in [-0.2, 0) is 33.3 Å². The Morgan fingerprint density at radius 3 is 2.06 bits per heavy atom. The minimum absolute atomic E-state index is 0.0406. The molecule has 2 aliphatic rings. The monoisotopic (exact) mass is 443 g/mol. The lowest BCUT2D eigenvalue weighted by atomic mass is 9.95. The van der Waals surface area contributed by atoms with Gasteiger partial charge in [-0.3, -0.25) is 9.69 Å². The molecule has 2 fully saturated rings. The fourth-order valence-electron chi connectivity index (χ4n) is 3.88. The second-order valence-corrected chi connectivity index (χ2v) is 10.6. The summed E-state index contributed by atoms with van der Waals surface area (Å²) >= 11 is 0. The van der Waals surface area contributed by atoms with E-state index in [4.69, 9.17) is 23.7 Å². The van der Waals surface area contributed by atoms with Gasteiger partial charge in [-0.25, -0.2) is 9.59 Å². The van der Waals surface area contributed by atoms with Crippen LogP contribution in [-0.4, -0.2) is 71.3 Å². The van der Waals surface area contributed by atoms with E-state index in [2.05, 4.69) is 0 Å². The molecule has 1 unspecified atom stereocenters. The Hall–Kier alpha value is -1.87. The average molecular weight is 444 g/mol. The molecular formula is C22H37NO8. The molecule has 0 aliphatic carbocycles. The number of nitrogens with zero attached hydrogens (tertiary/aromatic N) is 1. The fraction of sp³-hybridized carbons (Fsp3) is 0.864. The molecule has 31 heavy (non-hydrogen) atoms. The smallest absolute Gasteiger partial charge is 0.411 e. The number of esters is 2. The van der Waals surface area contributed by atoms with Crippen LogP contribution >= 0.6 is 0 Å². The summed E-state index contributed by atoms with van der Waals surface area (Å²) in [6.45, 7) is 15.7. The van der Waals surface area contributed by atoms with E-state index < -0.39 is 53.2 Å². The van der Waals surface area contributed by atoms with Crippen LogP contribution < -0.4 is 0 Å². The maximum absolute atomic E-state index is 13.2. The molecule has 0 aromatic carbocycles. The predicted molar refractivity (Wildman–Crippen MR) is 111 cm³/mol. The molecule has 2 saturated heterocycles. The summed E-state index contributed by atoms with van der Waals surface area (Å²) in [6, 6.07) is -1.49. The van der Waals surface area contributed by atoms with Gasteiger partial charge in [0.15, 0.2) is 5.79 Å². The first-order valence-electron chi connectivity index (χ1n) is 10.7. The SMILES string of the molecule is CC(=O)OC[C@@H]1C[C@H](C(=O)OC(C)(C)C)N(C(=O)OC(C)(C)C)[C@H]1C1COC(C)(C)O1. The van der Waals surface area contributed by atoms with Crippen LogP contribution in [0.25, 0.3) is 0 Å². The van der Waals surface area contributed by atoms with Gasteiger partial charge in [0.05, 0.1) is 19.3 Å². The number of carbonyl (C=O) groups is 3. The van der Waals surface area contributed by atoms with E-state index in [-0.39, 0.29) is 25.6 Å². The third-order valence-electron chi connectivity index (χ3n) is 4.86. The number of hydrogen-bond donors (Lipinski definition) is 0. The molecule has 2 aliphatic heterocycles. The maximum atomic E-state index is 13.2. The Morgan fingerprint density at radius 1 is 1.03 bits per heavy atom. The largest absolute Gasteiger partial charge is 0.465 e. The van der Waals surface area contributed by atoms with Gasteiger partial charge in [0.1, 0.15) is 23.3 Å². The Bertz CT molecular complexity index is 691. The Balaban J connectivity index is 2.42. The quantitative estimate of drug-likeness (QED) is 0.483. The minimum atomic E-state index is -0.896. The molecule has 9 nitrogen and oxygen atoms in total. The molecule has 4 atom stereocenters. The Labute approximate surface area is 184 Å². The highest BCUT2D eigenvalue weighted by Crippen LogP contribution is 2.39. The zero-order chi connectivity index (χ0) is 23.8. The van der Waals surface area contributed by atoms with E-state index in [1.54, 1.807) is 55.4 Å². The van der Waals surface area contributed by atoms with Crippen LogP contribution in [0.4, 0.5) is 4.79 Å². The van der Waals surface area contributed by atoms with Gasteiger partial charge in [0.2, 0.25) is 0 Å². The maximum Gasteiger partial charge on any atom is 0.411 e. The van der Waals surface area contributed by atoms with E-state index in [0.717, 1.165) is 0 Å². The minimum Gasteiger partial charge on any atom is -0.465 e. The molecular weight excluding hydrogens is 406 g/mol. The Morgan fingerprint density at radius 2 is 1.61 bits per heavy atom. The van der Waals surface area contributed by atoms with Gasteiger partial charge in [-0.1, -0.05) is 0 Å². The lowest BCUT2D eigenvalue weighted by Gasteiger charge is -2.36. The van der Waals surface area contributed by atoms with Crippen LogP contribution in [0, 0.1) is 5.92 Å². The van der Waals surface area contributed by atoms with Crippen molar-refractivity contribution in [2.75, 3.05) is 13.2 Å². The number of carbonyl (C=O) groups excluding carboxylic acids is 3. The topological polar surface area (TPSA) is 101 Å². The summed E-state index contributed by atoms with van der Waals surface area (Å²) in [5, 5.41) is 0. The molecule has 1 amide bonds. The predicted octanol–water partition coefficient (Wildman–Crippen LogP) is 3.04. The first-order chi connectivity index (χ1) is 14.0. The van der Waals surface area contributed by atoms with Crippen molar-refractivity contribution in [3.63, 3.8) is 0 Å². The lowest BCUT2D eigenvalue weighted by molar-refractivity contribution is -0.162. The van der Waals surface area contributed by atoms with Gasteiger partial charge >= 0.3 is 18.0 Å². The molecule has 0 aromatic heterocycles. The van der Waals surface area contributed by atoms with Crippen molar-refractivity contribution in [1.29, 1.82) is 0 Å². The van der Waals surface area contributed by atoms with Crippen molar-refractivity contribution < 1.29 is 38.1 Å². The number of ether oxygens (including phenoxy) is 5. The molecule has 0 spiro atoms. The van der Waals surface area contributed by atoms with Crippen molar-refractivity contribution in [3.05, 3.63) is 0 Å². The van der Waals surface area contributed by atoms with Gasteiger partial charge in [0, 0.05) is 12.8 Å². The van der Waals surface area contributed by atoms with Gasteiger partial charge in [-0.05, 0) is 61.8 Å². The average Bonchev–Trinajstić information content (AvgIpc) is 3.09. The van der Waals surface area contributed by atoms with Crippen molar-refractivity contribution in [1.82, 2.24) is 4.90 Å². The number of amides is 1. The fourth-order valence-corrected chi connectivity index (χ4v) is 3.88. The van der Waals surface area contributed by atoms with Crippen LogP contribution in [0.15, 0.2) is 0 Å². The highest BCUT2D eigenvalue weighted by atomic mass is 16.7. The van der Waals surface area contributed by atoms with Gasteiger partial charge in [0.25, 0.3) is 0 Å². The van der Waals surface area contributed by atoms with Gasteiger partial charge in [-0.15, -0.1) is 0 Å².